The molecule has 14 heavy (non-hydrogen) atoms. The summed E-state index contributed by atoms with van der Waals surface area (Å²) in [4.78, 5) is 19.9. The zero-order chi connectivity index (χ0) is 9.97. The second-order valence-electron chi connectivity index (χ2n) is 3.30. The predicted molar refractivity (Wildman–Crippen MR) is 49.8 cm³/mol. The van der Waals surface area contributed by atoms with E-state index in [1.165, 1.54) is 0 Å². The molecule has 2 rings (SSSR count). The maximum absolute atomic E-state index is 11.2. The Bertz CT molecular complexity index is 310. The van der Waals surface area contributed by atoms with E-state index in [1.54, 1.807) is 17.4 Å². The summed E-state index contributed by atoms with van der Waals surface area (Å²) in [5.41, 5.74) is 1.03. The maximum atomic E-state index is 11.2. The van der Waals surface area contributed by atoms with Crippen LogP contribution in [0.25, 0.3) is 0 Å². The summed E-state index contributed by atoms with van der Waals surface area (Å²) < 4.78 is 4.97. The number of rotatable bonds is 3. The average molecular weight is 195 g/mol. The number of carbonyl (C=O) groups excluding carboxylic acids is 1. The molecule has 5 heteroatoms. The summed E-state index contributed by atoms with van der Waals surface area (Å²) in [7, 11) is 0. The highest BCUT2D eigenvalue weighted by Crippen LogP contribution is 2.15. The highest BCUT2D eigenvalue weighted by Gasteiger charge is 2.31. The van der Waals surface area contributed by atoms with Gasteiger partial charge in [-0.3, -0.25) is 0 Å². The average Bonchev–Trinajstić information content (AvgIpc) is 2.77. The SMILES string of the molecule is CCN1C(=O)OC[C@H]1Cc1cnc[nH]1. The molecule has 0 radical (unpaired) electrons. The first-order valence-corrected chi connectivity index (χ1v) is 4.72. The number of nitrogens with zero attached hydrogens (tertiary/aromatic N) is 2. The lowest BCUT2D eigenvalue weighted by atomic mass is 10.1. The lowest BCUT2D eigenvalue weighted by Crippen LogP contribution is -2.34. The van der Waals surface area contributed by atoms with Gasteiger partial charge in [-0.2, -0.15) is 0 Å². The van der Waals surface area contributed by atoms with E-state index in [2.05, 4.69) is 9.97 Å². The van der Waals surface area contributed by atoms with Gasteiger partial charge in [0.05, 0.1) is 12.4 Å². The van der Waals surface area contributed by atoms with Crippen LogP contribution in [0.5, 0.6) is 0 Å². The number of cyclic esters (lactones) is 1. The van der Waals surface area contributed by atoms with Crippen LogP contribution in [0.3, 0.4) is 0 Å². The number of likely N-dealkylation sites (N-methyl/N-ethyl adjacent to an activating group) is 1. The Balaban J connectivity index is 2.01. The molecule has 1 aliphatic heterocycles. The minimum Gasteiger partial charge on any atom is -0.447 e. The summed E-state index contributed by atoms with van der Waals surface area (Å²) in [5.74, 6) is 0. The van der Waals surface area contributed by atoms with Crippen LogP contribution in [0, 0.1) is 0 Å². The molecule has 1 atom stereocenters. The van der Waals surface area contributed by atoms with Gasteiger partial charge in [0.1, 0.15) is 6.61 Å². The Morgan fingerprint density at radius 3 is 3.29 bits per heavy atom. The van der Waals surface area contributed by atoms with Crippen molar-refractivity contribution in [2.75, 3.05) is 13.2 Å². The van der Waals surface area contributed by atoms with E-state index in [1.807, 2.05) is 6.92 Å². The molecule has 1 aromatic rings. The summed E-state index contributed by atoms with van der Waals surface area (Å²) in [6.07, 6.45) is 3.98. The van der Waals surface area contributed by atoms with E-state index in [4.69, 9.17) is 4.74 Å². The van der Waals surface area contributed by atoms with E-state index >= 15 is 0 Å². The quantitative estimate of drug-likeness (QED) is 0.775. The fourth-order valence-corrected chi connectivity index (χ4v) is 1.70. The summed E-state index contributed by atoms with van der Waals surface area (Å²) in [6.45, 7) is 3.12. The molecule has 0 aliphatic carbocycles. The maximum Gasteiger partial charge on any atom is 0.410 e. The van der Waals surface area contributed by atoms with Crippen LogP contribution < -0.4 is 0 Å². The first-order chi connectivity index (χ1) is 6.81. The van der Waals surface area contributed by atoms with Gasteiger partial charge in [-0.15, -0.1) is 0 Å². The Morgan fingerprint density at radius 1 is 1.79 bits per heavy atom. The van der Waals surface area contributed by atoms with Crippen molar-refractivity contribution in [3.8, 4) is 0 Å². The number of hydrogen-bond acceptors (Lipinski definition) is 3. The van der Waals surface area contributed by atoms with Crippen molar-refractivity contribution in [1.82, 2.24) is 14.9 Å². The van der Waals surface area contributed by atoms with Crippen LogP contribution in [-0.4, -0.2) is 40.2 Å². The number of aromatic nitrogens is 2. The van der Waals surface area contributed by atoms with Crippen LogP contribution in [-0.2, 0) is 11.2 Å². The highest BCUT2D eigenvalue weighted by atomic mass is 16.6. The van der Waals surface area contributed by atoms with E-state index in [0.717, 1.165) is 12.1 Å². The Hall–Kier alpha value is -1.52. The van der Waals surface area contributed by atoms with Crippen molar-refractivity contribution >= 4 is 6.09 Å². The van der Waals surface area contributed by atoms with E-state index in [9.17, 15) is 4.79 Å². The fourth-order valence-electron chi connectivity index (χ4n) is 1.70. The second kappa shape index (κ2) is 3.69. The molecule has 76 valence electrons. The van der Waals surface area contributed by atoms with Crippen LogP contribution in [0.2, 0.25) is 0 Å². The molecule has 1 saturated heterocycles. The molecule has 0 aromatic carbocycles. The third-order valence-corrected chi connectivity index (χ3v) is 2.43. The van der Waals surface area contributed by atoms with Gasteiger partial charge in [0.25, 0.3) is 0 Å². The van der Waals surface area contributed by atoms with E-state index < -0.39 is 0 Å². The number of H-pyrrole nitrogens is 1. The van der Waals surface area contributed by atoms with Gasteiger partial charge in [-0.1, -0.05) is 0 Å². The molecule has 1 fully saturated rings. The number of nitrogens with one attached hydrogen (secondary N) is 1. The van der Waals surface area contributed by atoms with Crippen molar-refractivity contribution in [2.24, 2.45) is 0 Å². The molecule has 0 bridgehead atoms. The number of hydrogen-bond donors (Lipinski definition) is 1. The van der Waals surface area contributed by atoms with E-state index in [0.29, 0.717) is 13.2 Å². The summed E-state index contributed by atoms with van der Waals surface area (Å²) in [5, 5.41) is 0. The molecule has 1 N–H and O–H groups in total. The molecule has 5 nitrogen and oxygen atoms in total. The van der Waals surface area contributed by atoms with Crippen molar-refractivity contribution in [3.63, 3.8) is 0 Å². The van der Waals surface area contributed by atoms with Crippen molar-refractivity contribution < 1.29 is 9.53 Å². The molecule has 0 spiro atoms. The Labute approximate surface area is 82.1 Å². The third kappa shape index (κ3) is 1.57. The Kier molecular flexibility index (Phi) is 2.39. The summed E-state index contributed by atoms with van der Waals surface area (Å²) >= 11 is 0. The van der Waals surface area contributed by atoms with Gasteiger partial charge < -0.3 is 14.6 Å². The van der Waals surface area contributed by atoms with Crippen molar-refractivity contribution in [3.05, 3.63) is 18.2 Å². The normalized spacial score (nSPS) is 21.4. The molecular formula is C9H13N3O2. The minimum absolute atomic E-state index is 0.146. The zero-order valence-corrected chi connectivity index (χ0v) is 8.06. The van der Waals surface area contributed by atoms with Crippen LogP contribution in [0.1, 0.15) is 12.6 Å². The lowest BCUT2D eigenvalue weighted by molar-refractivity contribution is 0.159. The third-order valence-electron chi connectivity index (χ3n) is 2.43. The predicted octanol–water partition coefficient (Wildman–Crippen LogP) is 0.793. The minimum atomic E-state index is -0.211. The van der Waals surface area contributed by atoms with E-state index in [-0.39, 0.29) is 12.1 Å². The number of aromatic amines is 1. The van der Waals surface area contributed by atoms with Gasteiger partial charge in [0.15, 0.2) is 0 Å². The van der Waals surface area contributed by atoms with Gasteiger partial charge in [0, 0.05) is 24.9 Å². The van der Waals surface area contributed by atoms with Crippen LogP contribution >= 0.6 is 0 Å². The molecular weight excluding hydrogens is 182 g/mol. The lowest BCUT2D eigenvalue weighted by Gasteiger charge is -2.18. The molecule has 1 amide bonds. The molecule has 1 aliphatic rings. The molecule has 2 heterocycles. The van der Waals surface area contributed by atoms with Gasteiger partial charge >= 0.3 is 6.09 Å². The monoisotopic (exact) mass is 195 g/mol. The van der Waals surface area contributed by atoms with Crippen LogP contribution in [0.4, 0.5) is 4.79 Å². The highest BCUT2D eigenvalue weighted by molar-refractivity contribution is 5.70. The number of ether oxygens (including phenoxy) is 1. The first kappa shape index (κ1) is 9.05. The largest absolute Gasteiger partial charge is 0.447 e. The topological polar surface area (TPSA) is 58.2 Å². The first-order valence-electron chi connectivity index (χ1n) is 4.72. The van der Waals surface area contributed by atoms with Gasteiger partial charge in [0.2, 0.25) is 0 Å². The second-order valence-corrected chi connectivity index (χ2v) is 3.30. The number of amides is 1. The fraction of sp³-hybridized carbons (Fsp3) is 0.556. The molecule has 0 saturated carbocycles. The standard InChI is InChI=1S/C9H13N3O2/c1-2-12-8(5-14-9(12)13)3-7-4-10-6-11-7/h4,6,8H,2-3,5H2,1H3,(H,10,11)/t8-/m1/s1. The van der Waals surface area contributed by atoms with Crippen molar-refractivity contribution in [1.29, 1.82) is 0 Å². The molecule has 0 unspecified atom stereocenters. The summed E-state index contributed by atoms with van der Waals surface area (Å²) in [6, 6.07) is 0.146. The molecule has 1 aromatic heterocycles. The van der Waals surface area contributed by atoms with Gasteiger partial charge in [-0.25, -0.2) is 9.78 Å². The van der Waals surface area contributed by atoms with Gasteiger partial charge in [-0.05, 0) is 6.92 Å². The van der Waals surface area contributed by atoms with Crippen LogP contribution in [0.15, 0.2) is 12.5 Å². The Morgan fingerprint density at radius 2 is 2.64 bits per heavy atom. The number of carbonyl (C=O) groups is 1. The smallest absolute Gasteiger partial charge is 0.410 e. The zero-order valence-electron chi connectivity index (χ0n) is 8.06. The number of imidazole rings is 1. The van der Waals surface area contributed by atoms with Crippen molar-refractivity contribution in [2.45, 2.75) is 19.4 Å².